The zero-order chi connectivity index (χ0) is 36.5. The molecule has 20 heteroatoms. The Bertz CT molecular complexity index is 2300. The highest BCUT2D eigenvalue weighted by Gasteiger charge is 2.37. The minimum Gasteiger partial charge on any atom is -0.269 e. The normalized spacial score (nSPS) is 21.8. The quantitative estimate of drug-likeness (QED) is 0.239. The molecule has 4 aliphatic heterocycles. The first-order chi connectivity index (χ1) is 24.8. The molecule has 0 saturated carbocycles. The van der Waals surface area contributed by atoms with E-state index in [0.29, 0.717) is 77.5 Å². The maximum absolute atomic E-state index is 14.3. The molecule has 4 fully saturated rings. The third kappa shape index (κ3) is 6.06. The van der Waals surface area contributed by atoms with Crippen molar-refractivity contribution in [3.8, 4) is 0 Å². The van der Waals surface area contributed by atoms with Crippen molar-refractivity contribution in [2.45, 2.75) is 96.6 Å². The van der Waals surface area contributed by atoms with Gasteiger partial charge in [0.2, 0.25) is 45.6 Å². The SMILES string of the molecule is O=S(=O)(c1cc(S(=O)(=O)N2CCCCC2)c2[n-][n+]3c4cc(S(=O)(=O)N5CCCCC5)cc(S(=O)(=O)N5CCCCC5)c4nn3c2c1)N1CCCCC1. The third-order valence-corrected chi connectivity index (χ3v) is 18.4. The minimum absolute atomic E-state index is 0.0339. The molecule has 2 aromatic heterocycles. The lowest BCUT2D eigenvalue weighted by Gasteiger charge is -2.28. The summed E-state index contributed by atoms with van der Waals surface area (Å²) in [4.78, 5) is -1.07. The fourth-order valence-corrected chi connectivity index (χ4v) is 14.6. The average Bonchev–Trinajstić information content (AvgIpc) is 3.72. The summed E-state index contributed by atoms with van der Waals surface area (Å²) in [6, 6.07) is 5.00. The first kappa shape index (κ1) is 36.3. The van der Waals surface area contributed by atoms with Crippen LogP contribution in [0.5, 0.6) is 0 Å². The number of piperidine rings is 4. The van der Waals surface area contributed by atoms with Crippen molar-refractivity contribution in [2.75, 3.05) is 52.4 Å². The van der Waals surface area contributed by atoms with E-state index in [2.05, 4.69) is 10.2 Å². The molecule has 0 aliphatic carbocycles. The van der Waals surface area contributed by atoms with Crippen LogP contribution < -0.4 is 9.73 Å². The van der Waals surface area contributed by atoms with Crippen molar-refractivity contribution in [3.63, 3.8) is 0 Å². The van der Waals surface area contributed by atoms with E-state index in [0.717, 1.165) is 25.7 Å². The summed E-state index contributed by atoms with van der Waals surface area (Å²) in [5, 5.41) is 9.31. The van der Waals surface area contributed by atoms with Crippen LogP contribution in [0.1, 0.15) is 77.0 Å². The molecule has 4 aromatic rings. The maximum atomic E-state index is 14.3. The molecule has 6 heterocycles. The second kappa shape index (κ2) is 13.5. The van der Waals surface area contributed by atoms with Crippen molar-refractivity contribution in [1.82, 2.24) is 32.0 Å². The summed E-state index contributed by atoms with van der Waals surface area (Å²) in [6.07, 6.45) is 8.90. The number of aromatic nitrogens is 4. The van der Waals surface area contributed by atoms with Crippen molar-refractivity contribution in [1.29, 1.82) is 0 Å². The zero-order valence-corrected chi connectivity index (χ0v) is 32.2. The van der Waals surface area contributed by atoms with E-state index in [1.165, 1.54) is 50.7 Å². The molecule has 0 spiro atoms. The molecular weight excluding hydrogens is 753 g/mol. The molecule has 0 radical (unpaired) electrons. The van der Waals surface area contributed by atoms with E-state index in [1.54, 1.807) is 0 Å². The molecular formula is C32H44N8O8S4. The van der Waals surface area contributed by atoms with E-state index in [9.17, 15) is 33.7 Å². The van der Waals surface area contributed by atoms with Gasteiger partial charge in [-0.25, -0.2) is 33.7 Å². The van der Waals surface area contributed by atoms with Gasteiger partial charge in [-0.2, -0.15) is 21.9 Å². The van der Waals surface area contributed by atoms with E-state index >= 15 is 0 Å². The number of hydrogen-bond acceptors (Lipinski definition) is 9. The standard InChI is InChI=1S/C32H44N8O8S4/c41-49(42,35-13-5-1-6-14-35)25-21-27-31(29(23-25)51(45,46)37-17-9-3-10-18-37)33-40-28-22-26(50(43,44)36-15-7-2-8-16-36)24-30(32(28)34-39(27)40)52(47,48)38-19-11-4-12-20-38/h21-24H,1-20H2. The fraction of sp³-hybridized carbons (Fsp3) is 0.625. The Morgan fingerprint density at radius 1 is 0.481 bits per heavy atom. The summed E-state index contributed by atoms with van der Waals surface area (Å²) in [6.45, 7) is 2.30. The topological polar surface area (TPSA) is 185 Å². The number of hydrogen-bond donors (Lipinski definition) is 0. The lowest BCUT2D eigenvalue weighted by molar-refractivity contribution is -0.654. The van der Waals surface area contributed by atoms with Gasteiger partial charge in [0.25, 0.3) is 0 Å². The van der Waals surface area contributed by atoms with Crippen LogP contribution in [0, 0.1) is 0 Å². The summed E-state index contributed by atoms with van der Waals surface area (Å²) in [5.41, 5.74) is -0.0390. The molecule has 0 bridgehead atoms. The van der Waals surface area contributed by atoms with Gasteiger partial charge in [0.05, 0.1) is 14.7 Å². The van der Waals surface area contributed by atoms with Crippen molar-refractivity contribution in [2.24, 2.45) is 0 Å². The first-order valence-electron chi connectivity index (χ1n) is 18.2. The number of nitrogens with zero attached hydrogens (tertiary/aromatic N) is 8. The Morgan fingerprint density at radius 3 is 1.33 bits per heavy atom. The smallest absolute Gasteiger partial charge is 0.247 e. The molecule has 0 unspecified atom stereocenters. The molecule has 284 valence electrons. The van der Waals surface area contributed by atoms with E-state index in [-0.39, 0.29) is 67.8 Å². The van der Waals surface area contributed by atoms with Crippen LogP contribution in [0.3, 0.4) is 0 Å². The van der Waals surface area contributed by atoms with Gasteiger partial charge < -0.3 is 0 Å². The van der Waals surface area contributed by atoms with Crippen LogP contribution in [-0.2, 0) is 40.1 Å². The number of sulfonamides is 4. The van der Waals surface area contributed by atoms with Gasteiger partial charge in [-0.3, -0.25) is 5.10 Å². The Labute approximate surface area is 304 Å². The number of rotatable bonds is 8. The predicted octanol–water partition coefficient (Wildman–Crippen LogP) is 1.88. The first-order valence-corrected chi connectivity index (χ1v) is 24.0. The van der Waals surface area contributed by atoms with Gasteiger partial charge in [-0.15, -0.1) is 4.63 Å². The lowest BCUT2D eigenvalue weighted by Crippen LogP contribution is -2.37. The Hall–Kier alpha value is -2.72. The molecule has 52 heavy (non-hydrogen) atoms. The molecule has 0 N–H and O–H groups in total. The second-order valence-corrected chi connectivity index (χ2v) is 21.9. The Balaban J connectivity index is 1.41. The van der Waals surface area contributed by atoms with Crippen molar-refractivity contribution < 1.29 is 38.3 Å². The monoisotopic (exact) mass is 796 g/mol. The Kier molecular flexibility index (Phi) is 9.44. The van der Waals surface area contributed by atoms with Crippen LogP contribution in [0.15, 0.2) is 43.8 Å². The summed E-state index contributed by atoms with van der Waals surface area (Å²) >= 11 is 0. The van der Waals surface area contributed by atoms with Crippen molar-refractivity contribution >= 4 is 62.2 Å². The van der Waals surface area contributed by atoms with Gasteiger partial charge in [0, 0.05) is 69.5 Å². The van der Waals surface area contributed by atoms with E-state index in [1.807, 2.05) is 0 Å². The summed E-state index contributed by atoms with van der Waals surface area (Å²) in [7, 11) is -16.8. The van der Waals surface area contributed by atoms with Gasteiger partial charge in [0.15, 0.2) is 5.52 Å². The van der Waals surface area contributed by atoms with Crippen molar-refractivity contribution in [3.05, 3.63) is 24.3 Å². The van der Waals surface area contributed by atoms with Gasteiger partial charge >= 0.3 is 0 Å². The number of benzene rings is 2. The molecule has 16 nitrogen and oxygen atoms in total. The summed E-state index contributed by atoms with van der Waals surface area (Å²) in [5.74, 6) is 0. The van der Waals surface area contributed by atoms with Crippen LogP contribution in [0.2, 0.25) is 0 Å². The highest BCUT2D eigenvalue weighted by molar-refractivity contribution is 7.90. The fourth-order valence-electron chi connectivity index (χ4n) is 7.92. The molecule has 8 rings (SSSR count). The van der Waals surface area contributed by atoms with E-state index in [4.69, 9.17) is 0 Å². The predicted molar refractivity (Wildman–Crippen MR) is 190 cm³/mol. The average molecular weight is 797 g/mol. The van der Waals surface area contributed by atoms with Crippen LogP contribution in [0.4, 0.5) is 0 Å². The highest BCUT2D eigenvalue weighted by Crippen LogP contribution is 2.34. The molecule has 2 aromatic carbocycles. The second-order valence-electron chi connectivity index (χ2n) is 14.2. The molecule has 4 aliphatic rings. The van der Waals surface area contributed by atoms with Gasteiger partial charge in [-0.1, -0.05) is 25.7 Å². The highest BCUT2D eigenvalue weighted by atomic mass is 32.2. The largest absolute Gasteiger partial charge is 0.269 e. The maximum Gasteiger partial charge on any atom is 0.247 e. The minimum atomic E-state index is -4.24. The van der Waals surface area contributed by atoms with Gasteiger partial charge in [-0.05, 0) is 74.7 Å². The summed E-state index contributed by atoms with van der Waals surface area (Å²) < 4.78 is 121. The molecule has 0 atom stereocenters. The number of fused-ring (bicyclic) bond motifs is 5. The third-order valence-electron chi connectivity index (χ3n) is 10.8. The van der Waals surface area contributed by atoms with Gasteiger partial charge in [0.1, 0.15) is 4.90 Å². The van der Waals surface area contributed by atoms with Crippen LogP contribution in [-0.4, -0.2) is 113 Å². The molecule has 0 amide bonds. The van der Waals surface area contributed by atoms with E-state index < -0.39 is 40.1 Å². The zero-order valence-electron chi connectivity index (χ0n) is 28.9. The lowest BCUT2D eigenvalue weighted by atomic mass is 10.2. The Morgan fingerprint density at radius 2 is 0.865 bits per heavy atom. The van der Waals surface area contributed by atoms with Crippen LogP contribution in [0.25, 0.3) is 22.1 Å². The molecule has 4 saturated heterocycles. The van der Waals surface area contributed by atoms with Crippen LogP contribution >= 0.6 is 0 Å².